The van der Waals surface area contributed by atoms with Crippen molar-refractivity contribution in [3.63, 3.8) is 0 Å². The van der Waals surface area contributed by atoms with Crippen molar-refractivity contribution in [3.05, 3.63) is 75.5 Å². The number of aliphatic carboxylic acids is 1. The van der Waals surface area contributed by atoms with Gasteiger partial charge >= 0.3 is 5.97 Å². The highest BCUT2D eigenvalue weighted by Crippen LogP contribution is 2.29. The van der Waals surface area contributed by atoms with E-state index in [4.69, 9.17) is 9.94 Å². The van der Waals surface area contributed by atoms with Crippen molar-refractivity contribution in [2.45, 2.75) is 32.7 Å². The fraction of sp³-hybridized carbons (Fsp3) is 0.304. The molecule has 2 N–H and O–H groups in total. The van der Waals surface area contributed by atoms with E-state index < -0.39 is 5.97 Å². The van der Waals surface area contributed by atoms with Crippen molar-refractivity contribution in [2.75, 3.05) is 13.2 Å². The van der Waals surface area contributed by atoms with E-state index in [0.29, 0.717) is 19.7 Å². The van der Waals surface area contributed by atoms with Crippen LogP contribution in [0, 0.1) is 0 Å². The number of hydrogen-bond acceptors (Lipinski definition) is 5. The van der Waals surface area contributed by atoms with Crippen LogP contribution in [0.2, 0.25) is 0 Å². The van der Waals surface area contributed by atoms with Crippen LogP contribution >= 0.6 is 11.3 Å². The first-order chi connectivity index (χ1) is 14.1. The van der Waals surface area contributed by atoms with Gasteiger partial charge in [0.1, 0.15) is 6.61 Å². The summed E-state index contributed by atoms with van der Waals surface area (Å²) in [6.07, 6.45) is 6.51. The quantitative estimate of drug-likeness (QED) is 0.333. The minimum atomic E-state index is -0.789. The number of carbonyl (C=O) groups is 1. The zero-order valence-corrected chi connectivity index (χ0v) is 17.4. The van der Waals surface area contributed by atoms with E-state index in [2.05, 4.69) is 40.1 Å². The second-order valence-electron chi connectivity index (χ2n) is 6.96. The molecule has 1 heterocycles. The van der Waals surface area contributed by atoms with Gasteiger partial charge in [0.05, 0.1) is 12.1 Å². The molecule has 1 aromatic heterocycles. The van der Waals surface area contributed by atoms with Crippen molar-refractivity contribution in [2.24, 2.45) is 5.16 Å². The van der Waals surface area contributed by atoms with Gasteiger partial charge in [0.25, 0.3) is 0 Å². The van der Waals surface area contributed by atoms with Gasteiger partial charge in [-0.15, -0.1) is 11.3 Å². The molecule has 0 saturated carbocycles. The van der Waals surface area contributed by atoms with E-state index in [0.717, 1.165) is 29.7 Å². The van der Waals surface area contributed by atoms with E-state index in [9.17, 15) is 4.79 Å². The van der Waals surface area contributed by atoms with Gasteiger partial charge < -0.3 is 15.3 Å². The monoisotopic (exact) mass is 410 g/mol. The first kappa shape index (κ1) is 21.0. The van der Waals surface area contributed by atoms with Crippen LogP contribution in [0.15, 0.2) is 64.7 Å². The molecule has 5 nitrogen and oxygen atoms in total. The standard InChI is InChI=1S/C23H26N2O3S/c1-17(20-8-4-18(5-9-20)15-24-13-12-23(26)27)25-28-16-19-6-10-21(11-7-19)22-3-2-14-29-22/h2-6,8-10,14,24H,7,11-13,15-16H2,1H3,(H,26,27)/b25-17+. The molecular weight excluding hydrogens is 384 g/mol. The Bertz CT molecular complexity index is 897. The number of nitrogens with zero attached hydrogens (tertiary/aromatic N) is 1. The number of nitrogens with one attached hydrogen (secondary N) is 1. The molecule has 1 aromatic carbocycles. The van der Waals surface area contributed by atoms with Gasteiger partial charge in [-0.1, -0.05) is 47.6 Å². The lowest BCUT2D eigenvalue weighted by Crippen LogP contribution is -2.17. The van der Waals surface area contributed by atoms with Gasteiger partial charge in [0.15, 0.2) is 0 Å². The Morgan fingerprint density at radius 3 is 2.69 bits per heavy atom. The molecule has 3 rings (SSSR count). The largest absolute Gasteiger partial charge is 0.481 e. The van der Waals surface area contributed by atoms with Crippen LogP contribution in [0.1, 0.15) is 42.2 Å². The fourth-order valence-corrected chi connectivity index (χ4v) is 3.81. The predicted molar refractivity (Wildman–Crippen MR) is 118 cm³/mol. The van der Waals surface area contributed by atoms with E-state index in [1.807, 2.05) is 31.2 Å². The maximum absolute atomic E-state index is 10.5. The summed E-state index contributed by atoms with van der Waals surface area (Å²) in [7, 11) is 0. The number of carboxylic acid groups (broad SMARTS) is 1. The summed E-state index contributed by atoms with van der Waals surface area (Å²) in [5.74, 6) is -0.789. The summed E-state index contributed by atoms with van der Waals surface area (Å²) in [4.78, 5) is 17.4. The zero-order chi connectivity index (χ0) is 20.5. The SMILES string of the molecule is C/C(=N\OCC1=CC=C(c2cccs2)CC1)c1ccc(CNCCC(=O)O)cc1. The second kappa shape index (κ2) is 10.7. The van der Waals surface area contributed by atoms with Gasteiger partial charge in [-0.05, 0) is 53.5 Å². The second-order valence-corrected chi connectivity index (χ2v) is 7.91. The average Bonchev–Trinajstić information content (AvgIpc) is 3.27. The molecule has 152 valence electrons. The van der Waals surface area contributed by atoms with Crippen molar-refractivity contribution in [1.29, 1.82) is 0 Å². The Balaban J connectivity index is 1.45. The third-order valence-electron chi connectivity index (χ3n) is 4.74. The summed E-state index contributed by atoms with van der Waals surface area (Å²) in [5, 5.41) is 18.1. The molecular formula is C23H26N2O3S. The minimum Gasteiger partial charge on any atom is -0.481 e. The van der Waals surface area contributed by atoms with Crippen molar-refractivity contribution in [3.8, 4) is 0 Å². The Hall–Kier alpha value is -2.70. The number of hydrogen-bond donors (Lipinski definition) is 2. The summed E-state index contributed by atoms with van der Waals surface area (Å²) < 4.78 is 0. The van der Waals surface area contributed by atoms with E-state index in [1.54, 1.807) is 11.3 Å². The van der Waals surface area contributed by atoms with Crippen LogP contribution in [0.3, 0.4) is 0 Å². The number of carboxylic acids is 1. The summed E-state index contributed by atoms with van der Waals surface area (Å²) >= 11 is 1.78. The van der Waals surface area contributed by atoms with Gasteiger partial charge in [-0.2, -0.15) is 0 Å². The van der Waals surface area contributed by atoms with Gasteiger partial charge in [-0.25, -0.2) is 0 Å². The first-order valence-corrected chi connectivity index (χ1v) is 10.6. The maximum atomic E-state index is 10.5. The smallest absolute Gasteiger partial charge is 0.304 e. The van der Waals surface area contributed by atoms with Crippen molar-refractivity contribution < 1.29 is 14.7 Å². The lowest BCUT2D eigenvalue weighted by molar-refractivity contribution is -0.136. The Morgan fingerprint density at radius 1 is 1.21 bits per heavy atom. The highest BCUT2D eigenvalue weighted by Gasteiger charge is 2.09. The van der Waals surface area contributed by atoms with Crippen LogP contribution in [0.4, 0.5) is 0 Å². The van der Waals surface area contributed by atoms with Crippen LogP contribution < -0.4 is 5.32 Å². The summed E-state index contributed by atoms with van der Waals surface area (Å²) in [6.45, 7) is 3.56. The third kappa shape index (κ3) is 6.69. The number of oxime groups is 1. The molecule has 0 unspecified atom stereocenters. The molecule has 0 aliphatic heterocycles. The maximum Gasteiger partial charge on any atom is 0.304 e. The van der Waals surface area contributed by atoms with Gasteiger partial charge in [0, 0.05) is 18.0 Å². The van der Waals surface area contributed by atoms with Crippen LogP contribution in [-0.4, -0.2) is 29.9 Å². The highest BCUT2D eigenvalue weighted by atomic mass is 32.1. The molecule has 1 aliphatic carbocycles. The third-order valence-corrected chi connectivity index (χ3v) is 5.69. The fourth-order valence-electron chi connectivity index (χ4n) is 3.02. The lowest BCUT2D eigenvalue weighted by atomic mass is 9.98. The molecule has 0 bridgehead atoms. The van der Waals surface area contributed by atoms with Gasteiger partial charge in [-0.3, -0.25) is 4.79 Å². The lowest BCUT2D eigenvalue weighted by Gasteiger charge is -2.13. The van der Waals surface area contributed by atoms with Gasteiger partial charge in [0.2, 0.25) is 0 Å². The molecule has 2 aromatic rings. The molecule has 29 heavy (non-hydrogen) atoms. The normalized spacial score (nSPS) is 14.3. The molecule has 0 saturated heterocycles. The number of allylic oxidation sites excluding steroid dienone is 3. The predicted octanol–water partition coefficient (Wildman–Crippen LogP) is 4.86. The minimum absolute atomic E-state index is 0.128. The molecule has 0 amide bonds. The number of thiophene rings is 1. The van der Waals surface area contributed by atoms with E-state index in [1.165, 1.54) is 16.0 Å². The molecule has 6 heteroatoms. The van der Waals surface area contributed by atoms with Crippen LogP contribution in [0.5, 0.6) is 0 Å². The average molecular weight is 411 g/mol. The van der Waals surface area contributed by atoms with Crippen molar-refractivity contribution in [1.82, 2.24) is 5.32 Å². The van der Waals surface area contributed by atoms with Crippen LogP contribution in [-0.2, 0) is 16.2 Å². The zero-order valence-electron chi connectivity index (χ0n) is 16.6. The summed E-state index contributed by atoms with van der Waals surface area (Å²) in [5.41, 5.74) is 5.59. The molecule has 1 aliphatic rings. The van der Waals surface area contributed by atoms with E-state index >= 15 is 0 Å². The van der Waals surface area contributed by atoms with E-state index in [-0.39, 0.29) is 6.42 Å². The molecule has 0 radical (unpaired) electrons. The summed E-state index contributed by atoms with van der Waals surface area (Å²) in [6, 6.07) is 12.3. The number of rotatable bonds is 10. The topological polar surface area (TPSA) is 70.9 Å². The Morgan fingerprint density at radius 2 is 2.03 bits per heavy atom. The first-order valence-electron chi connectivity index (χ1n) is 9.72. The van der Waals surface area contributed by atoms with Crippen molar-refractivity contribution >= 4 is 28.6 Å². The molecule has 0 atom stereocenters. The Labute approximate surface area is 175 Å². The number of benzene rings is 1. The highest BCUT2D eigenvalue weighted by molar-refractivity contribution is 7.11. The molecule has 0 fully saturated rings. The Kier molecular flexibility index (Phi) is 7.78. The molecule has 0 spiro atoms. The van der Waals surface area contributed by atoms with Crippen LogP contribution in [0.25, 0.3) is 5.57 Å².